The molecule has 27 heavy (non-hydrogen) atoms. The Labute approximate surface area is 152 Å². The van der Waals surface area contributed by atoms with Crippen LogP contribution in [0.3, 0.4) is 0 Å². The van der Waals surface area contributed by atoms with Crippen LogP contribution in [0.5, 0.6) is 0 Å². The Balaban J connectivity index is 1.53. The number of fused-ring (bicyclic) bond motifs is 2. The smallest absolute Gasteiger partial charge is 0.303 e. The van der Waals surface area contributed by atoms with Crippen LogP contribution in [0, 0.1) is 5.82 Å². The van der Waals surface area contributed by atoms with Crippen LogP contribution in [0.25, 0.3) is 22.2 Å². The molecule has 0 atom stereocenters. The summed E-state index contributed by atoms with van der Waals surface area (Å²) in [4.78, 5) is 20.2. The number of nitrogens with one attached hydrogen (secondary N) is 2. The van der Waals surface area contributed by atoms with E-state index >= 15 is 0 Å². The number of amides is 1. The van der Waals surface area contributed by atoms with E-state index in [2.05, 4.69) is 20.6 Å². The van der Waals surface area contributed by atoms with E-state index in [1.54, 1.807) is 18.2 Å². The summed E-state index contributed by atoms with van der Waals surface area (Å²) in [5.41, 5.74) is 2.66. The molecule has 0 saturated carbocycles. The van der Waals surface area contributed by atoms with E-state index in [0.717, 1.165) is 5.56 Å². The number of anilines is 2. The SMILES string of the molecule is O=C(Cc1ccc2oc(Nc3nc4cc(F)ccc4o3)nc2c1)NCCO. The van der Waals surface area contributed by atoms with Gasteiger partial charge in [-0.1, -0.05) is 6.07 Å². The van der Waals surface area contributed by atoms with Crippen molar-refractivity contribution in [2.45, 2.75) is 6.42 Å². The highest BCUT2D eigenvalue weighted by Crippen LogP contribution is 2.25. The summed E-state index contributed by atoms with van der Waals surface area (Å²) in [6.45, 7) is 0.110. The number of aliphatic hydroxyl groups excluding tert-OH is 1. The van der Waals surface area contributed by atoms with E-state index < -0.39 is 5.82 Å². The highest BCUT2D eigenvalue weighted by Gasteiger charge is 2.12. The molecule has 3 N–H and O–H groups in total. The Hall–Kier alpha value is -3.46. The quantitative estimate of drug-likeness (QED) is 0.478. The van der Waals surface area contributed by atoms with E-state index in [-0.39, 0.29) is 37.5 Å². The monoisotopic (exact) mass is 370 g/mol. The third kappa shape index (κ3) is 3.72. The van der Waals surface area contributed by atoms with Gasteiger partial charge in [0, 0.05) is 12.6 Å². The molecule has 0 aliphatic heterocycles. The molecule has 4 rings (SSSR count). The van der Waals surface area contributed by atoms with Crippen molar-refractivity contribution < 1.29 is 23.1 Å². The molecule has 8 nitrogen and oxygen atoms in total. The van der Waals surface area contributed by atoms with Crippen LogP contribution in [-0.4, -0.2) is 34.1 Å². The Morgan fingerprint density at radius 3 is 2.41 bits per heavy atom. The van der Waals surface area contributed by atoms with Crippen molar-refractivity contribution in [2.24, 2.45) is 0 Å². The second-order valence-electron chi connectivity index (χ2n) is 5.83. The first-order valence-corrected chi connectivity index (χ1v) is 8.21. The molecule has 2 aromatic heterocycles. The maximum absolute atomic E-state index is 13.2. The molecule has 0 aliphatic rings. The number of halogens is 1. The van der Waals surface area contributed by atoms with E-state index in [0.29, 0.717) is 22.2 Å². The Kier molecular flexibility index (Phi) is 4.43. The van der Waals surface area contributed by atoms with Gasteiger partial charge in [-0.2, -0.15) is 9.97 Å². The van der Waals surface area contributed by atoms with Crippen molar-refractivity contribution in [1.82, 2.24) is 15.3 Å². The fraction of sp³-hybridized carbons (Fsp3) is 0.167. The van der Waals surface area contributed by atoms with Gasteiger partial charge >= 0.3 is 12.0 Å². The fourth-order valence-electron chi connectivity index (χ4n) is 2.63. The average Bonchev–Trinajstić information content (AvgIpc) is 3.22. The minimum absolute atomic E-state index is 0.106. The van der Waals surface area contributed by atoms with Crippen LogP contribution in [-0.2, 0) is 11.2 Å². The van der Waals surface area contributed by atoms with Gasteiger partial charge in [-0.15, -0.1) is 0 Å². The van der Waals surface area contributed by atoms with E-state index in [1.807, 2.05) is 0 Å². The number of oxazole rings is 2. The summed E-state index contributed by atoms with van der Waals surface area (Å²) in [5.74, 6) is -0.594. The zero-order valence-electron chi connectivity index (χ0n) is 14.0. The Morgan fingerprint density at radius 2 is 1.70 bits per heavy atom. The second kappa shape index (κ2) is 7.04. The number of rotatable bonds is 6. The van der Waals surface area contributed by atoms with Crippen LogP contribution in [0.2, 0.25) is 0 Å². The second-order valence-corrected chi connectivity index (χ2v) is 5.83. The van der Waals surface area contributed by atoms with E-state index in [4.69, 9.17) is 13.9 Å². The molecule has 1 amide bonds. The van der Waals surface area contributed by atoms with Gasteiger partial charge in [0.2, 0.25) is 5.91 Å². The van der Waals surface area contributed by atoms with E-state index in [1.165, 1.54) is 18.2 Å². The van der Waals surface area contributed by atoms with Gasteiger partial charge in [-0.3, -0.25) is 10.1 Å². The lowest BCUT2D eigenvalue weighted by atomic mass is 10.1. The summed E-state index contributed by atoms with van der Waals surface area (Å²) in [6.07, 6.45) is 0.169. The van der Waals surface area contributed by atoms with Crippen molar-refractivity contribution in [1.29, 1.82) is 0 Å². The van der Waals surface area contributed by atoms with Crippen LogP contribution in [0.4, 0.5) is 16.4 Å². The van der Waals surface area contributed by atoms with Gasteiger partial charge in [0.15, 0.2) is 11.2 Å². The molecule has 0 fully saturated rings. The van der Waals surface area contributed by atoms with Crippen molar-refractivity contribution in [3.05, 3.63) is 47.8 Å². The standard InChI is InChI=1S/C18H15FN4O4/c19-11-2-4-15-13(9-11)22-18(27-15)23-17-21-12-7-10(1-3-14(12)26-17)8-16(25)20-5-6-24/h1-4,7,9,24H,5-6,8H2,(H,20,25)(H,21,22,23). The number of aliphatic hydroxyl groups is 1. The third-order valence-corrected chi connectivity index (χ3v) is 3.81. The van der Waals surface area contributed by atoms with Crippen molar-refractivity contribution >= 4 is 40.1 Å². The molecule has 4 aromatic rings. The fourth-order valence-corrected chi connectivity index (χ4v) is 2.63. The lowest BCUT2D eigenvalue weighted by Crippen LogP contribution is -2.27. The Bertz CT molecular complexity index is 1120. The molecule has 2 heterocycles. The summed E-state index contributed by atoms with van der Waals surface area (Å²) in [7, 11) is 0. The molecule has 0 unspecified atom stereocenters. The largest absolute Gasteiger partial charge is 0.423 e. The van der Waals surface area contributed by atoms with Gasteiger partial charge < -0.3 is 19.3 Å². The number of aromatic nitrogens is 2. The summed E-state index contributed by atoms with van der Waals surface area (Å²) in [6, 6.07) is 9.55. The zero-order chi connectivity index (χ0) is 18.8. The number of carbonyl (C=O) groups is 1. The minimum atomic E-state index is -0.403. The first-order valence-electron chi connectivity index (χ1n) is 8.21. The lowest BCUT2D eigenvalue weighted by molar-refractivity contribution is -0.120. The zero-order valence-corrected chi connectivity index (χ0v) is 14.0. The predicted molar refractivity (Wildman–Crippen MR) is 95.1 cm³/mol. The molecule has 0 spiro atoms. The van der Waals surface area contributed by atoms with Crippen LogP contribution in [0.1, 0.15) is 5.56 Å². The third-order valence-electron chi connectivity index (χ3n) is 3.81. The van der Waals surface area contributed by atoms with Gasteiger partial charge in [0.1, 0.15) is 16.9 Å². The summed E-state index contributed by atoms with van der Waals surface area (Å²) >= 11 is 0. The molecule has 0 bridgehead atoms. The predicted octanol–water partition coefficient (Wildman–Crippen LogP) is 2.50. The summed E-state index contributed by atoms with van der Waals surface area (Å²) < 4.78 is 24.3. The Morgan fingerprint density at radius 1 is 1.04 bits per heavy atom. The molecule has 2 aromatic carbocycles. The van der Waals surface area contributed by atoms with E-state index in [9.17, 15) is 9.18 Å². The average molecular weight is 370 g/mol. The van der Waals surface area contributed by atoms with Crippen LogP contribution < -0.4 is 10.6 Å². The topological polar surface area (TPSA) is 113 Å². The first kappa shape index (κ1) is 17.0. The normalized spacial score (nSPS) is 11.2. The van der Waals surface area contributed by atoms with Gasteiger partial charge in [0.25, 0.3) is 0 Å². The van der Waals surface area contributed by atoms with Crippen molar-refractivity contribution in [2.75, 3.05) is 18.5 Å². The number of benzene rings is 2. The maximum Gasteiger partial charge on any atom is 0.303 e. The van der Waals surface area contributed by atoms with Gasteiger partial charge in [-0.25, -0.2) is 4.39 Å². The summed E-state index contributed by atoms with van der Waals surface area (Å²) in [5, 5.41) is 14.1. The number of carbonyl (C=O) groups excluding carboxylic acids is 1. The van der Waals surface area contributed by atoms with Gasteiger partial charge in [-0.05, 0) is 29.8 Å². The van der Waals surface area contributed by atoms with Crippen molar-refractivity contribution in [3.63, 3.8) is 0 Å². The molecular formula is C18H15FN4O4. The molecule has 0 saturated heterocycles. The van der Waals surface area contributed by atoms with Crippen LogP contribution >= 0.6 is 0 Å². The molecule has 0 radical (unpaired) electrons. The molecule has 0 aliphatic carbocycles. The molecule has 138 valence electrons. The molecular weight excluding hydrogens is 355 g/mol. The minimum Gasteiger partial charge on any atom is -0.423 e. The van der Waals surface area contributed by atoms with Crippen molar-refractivity contribution in [3.8, 4) is 0 Å². The highest BCUT2D eigenvalue weighted by atomic mass is 19.1. The van der Waals surface area contributed by atoms with Gasteiger partial charge in [0.05, 0.1) is 13.0 Å². The maximum atomic E-state index is 13.2. The first-order chi connectivity index (χ1) is 13.1. The highest BCUT2D eigenvalue weighted by molar-refractivity contribution is 5.82. The lowest BCUT2D eigenvalue weighted by Gasteiger charge is -2.02. The number of hydrogen-bond acceptors (Lipinski definition) is 7. The van der Waals surface area contributed by atoms with Crippen LogP contribution in [0.15, 0.2) is 45.2 Å². The number of hydrogen-bond donors (Lipinski definition) is 3. The molecule has 9 heteroatoms. The number of nitrogens with zero attached hydrogens (tertiary/aromatic N) is 2.